The number of hydrogen-bond donors (Lipinski definition) is 1. The molecule has 98 valence electrons. The van der Waals surface area contributed by atoms with Crippen LogP contribution >= 0.6 is 0 Å². The summed E-state index contributed by atoms with van der Waals surface area (Å²) in [7, 11) is 0. The van der Waals surface area contributed by atoms with Crippen molar-refractivity contribution in [1.82, 2.24) is 5.32 Å². The number of rotatable bonds is 4. The van der Waals surface area contributed by atoms with E-state index in [0.717, 1.165) is 32.0 Å². The Hall–Kier alpha value is -1.53. The third kappa shape index (κ3) is 3.48. The normalized spacial score (nSPS) is 19.7. The van der Waals surface area contributed by atoms with E-state index < -0.39 is 10.7 Å². The van der Waals surface area contributed by atoms with Crippen molar-refractivity contribution in [1.29, 1.82) is 0 Å². The van der Waals surface area contributed by atoms with Gasteiger partial charge in [-0.05, 0) is 31.0 Å². The molecule has 1 aliphatic heterocycles. The van der Waals surface area contributed by atoms with Gasteiger partial charge in [0.15, 0.2) is 0 Å². The van der Waals surface area contributed by atoms with Crippen LogP contribution in [0.1, 0.15) is 18.4 Å². The summed E-state index contributed by atoms with van der Waals surface area (Å²) in [5.41, 5.74) is 0.252. The Kier molecular flexibility index (Phi) is 4.22. The largest absolute Gasteiger partial charge is 0.372 e. The molecule has 2 rings (SSSR count). The highest BCUT2D eigenvalue weighted by Gasteiger charge is 2.15. The molecule has 0 saturated carbocycles. The summed E-state index contributed by atoms with van der Waals surface area (Å²) < 4.78 is 18.8. The first-order valence-electron chi connectivity index (χ1n) is 5.91. The fourth-order valence-electron chi connectivity index (χ4n) is 2.00. The highest BCUT2D eigenvalue weighted by Crippen LogP contribution is 2.18. The molecule has 1 fully saturated rings. The molecule has 0 aliphatic carbocycles. The maximum Gasteiger partial charge on any atom is 0.272 e. The van der Waals surface area contributed by atoms with E-state index in [2.05, 4.69) is 5.32 Å². The SMILES string of the molecule is O=[N+]([O-])c1cc(F)cc(CO[C@H]2CCCNC2)c1. The van der Waals surface area contributed by atoms with Gasteiger partial charge in [0.25, 0.3) is 5.69 Å². The second kappa shape index (κ2) is 5.88. The molecule has 18 heavy (non-hydrogen) atoms. The Bertz CT molecular complexity index is 433. The number of hydrogen-bond acceptors (Lipinski definition) is 4. The second-order valence-electron chi connectivity index (χ2n) is 4.35. The highest BCUT2D eigenvalue weighted by molar-refractivity contribution is 5.34. The molecule has 1 aromatic rings. The van der Waals surface area contributed by atoms with Gasteiger partial charge in [-0.1, -0.05) is 0 Å². The van der Waals surface area contributed by atoms with Gasteiger partial charge in [-0.15, -0.1) is 0 Å². The molecule has 6 heteroatoms. The molecule has 0 bridgehead atoms. The summed E-state index contributed by atoms with van der Waals surface area (Å²) in [5, 5.41) is 13.8. The fourth-order valence-corrected chi connectivity index (χ4v) is 2.00. The van der Waals surface area contributed by atoms with E-state index in [-0.39, 0.29) is 18.4 Å². The summed E-state index contributed by atoms with van der Waals surface area (Å²) in [6.07, 6.45) is 2.11. The number of halogens is 1. The van der Waals surface area contributed by atoms with Crippen molar-refractivity contribution in [2.45, 2.75) is 25.6 Å². The molecule has 1 saturated heterocycles. The monoisotopic (exact) mass is 254 g/mol. The predicted molar refractivity (Wildman–Crippen MR) is 63.7 cm³/mol. The Balaban J connectivity index is 1.97. The van der Waals surface area contributed by atoms with Crippen LogP contribution < -0.4 is 5.32 Å². The number of nitro groups is 1. The molecule has 0 unspecified atom stereocenters. The molecule has 1 aromatic carbocycles. The minimum absolute atomic E-state index is 0.0982. The van der Waals surface area contributed by atoms with Crippen molar-refractivity contribution in [3.63, 3.8) is 0 Å². The van der Waals surface area contributed by atoms with E-state index in [9.17, 15) is 14.5 Å². The van der Waals surface area contributed by atoms with E-state index in [1.807, 2.05) is 0 Å². The van der Waals surface area contributed by atoms with Crippen LogP contribution in [0.15, 0.2) is 18.2 Å². The molecule has 0 radical (unpaired) electrons. The average molecular weight is 254 g/mol. The topological polar surface area (TPSA) is 64.4 Å². The number of nitro benzene ring substituents is 1. The minimum atomic E-state index is -0.607. The second-order valence-corrected chi connectivity index (χ2v) is 4.35. The van der Waals surface area contributed by atoms with Gasteiger partial charge in [0.05, 0.1) is 23.7 Å². The number of nitrogens with one attached hydrogen (secondary N) is 1. The fraction of sp³-hybridized carbons (Fsp3) is 0.500. The zero-order chi connectivity index (χ0) is 13.0. The molecular formula is C12H15FN2O3. The zero-order valence-corrected chi connectivity index (χ0v) is 9.89. The molecule has 0 amide bonds. The molecule has 1 heterocycles. The lowest BCUT2D eigenvalue weighted by Gasteiger charge is -2.23. The lowest BCUT2D eigenvalue weighted by atomic mass is 10.1. The Morgan fingerprint density at radius 3 is 3.00 bits per heavy atom. The van der Waals surface area contributed by atoms with Crippen LogP contribution in [-0.4, -0.2) is 24.1 Å². The molecule has 1 N–H and O–H groups in total. The van der Waals surface area contributed by atoms with E-state index in [1.165, 1.54) is 12.1 Å². The first-order valence-corrected chi connectivity index (χ1v) is 5.91. The van der Waals surface area contributed by atoms with E-state index in [0.29, 0.717) is 5.56 Å². The molecule has 1 aliphatic rings. The number of nitrogens with zero attached hydrogens (tertiary/aromatic N) is 1. The van der Waals surface area contributed by atoms with Crippen LogP contribution in [0.25, 0.3) is 0 Å². The quantitative estimate of drug-likeness (QED) is 0.659. The first-order chi connectivity index (χ1) is 8.65. The van der Waals surface area contributed by atoms with Gasteiger partial charge in [-0.25, -0.2) is 4.39 Å². The summed E-state index contributed by atoms with van der Waals surface area (Å²) in [6, 6.07) is 3.52. The van der Waals surface area contributed by atoms with Crippen molar-refractivity contribution in [3.8, 4) is 0 Å². The third-order valence-corrected chi connectivity index (χ3v) is 2.89. The molecular weight excluding hydrogens is 239 g/mol. The van der Waals surface area contributed by atoms with Crippen LogP contribution in [0.3, 0.4) is 0 Å². The molecule has 1 atom stereocenters. The van der Waals surface area contributed by atoms with Crippen LogP contribution in [0, 0.1) is 15.9 Å². The standard InChI is InChI=1S/C12H15FN2O3/c13-10-4-9(5-11(6-10)15(16)17)8-18-12-2-1-3-14-7-12/h4-6,12,14H,1-3,7-8H2/t12-/m0/s1. The van der Waals surface area contributed by atoms with Crippen molar-refractivity contribution >= 4 is 5.69 Å². The van der Waals surface area contributed by atoms with E-state index >= 15 is 0 Å². The number of piperidine rings is 1. The highest BCUT2D eigenvalue weighted by atomic mass is 19.1. The summed E-state index contributed by atoms with van der Waals surface area (Å²) >= 11 is 0. The van der Waals surface area contributed by atoms with Gasteiger partial charge in [-0.3, -0.25) is 10.1 Å². The smallest absolute Gasteiger partial charge is 0.272 e. The number of non-ortho nitro benzene ring substituents is 1. The summed E-state index contributed by atoms with van der Waals surface area (Å²) in [6.45, 7) is 1.97. The predicted octanol–water partition coefficient (Wildman–Crippen LogP) is 2.00. The summed E-state index contributed by atoms with van der Waals surface area (Å²) in [5.74, 6) is -0.607. The first kappa shape index (κ1) is 12.9. The zero-order valence-electron chi connectivity index (χ0n) is 9.89. The van der Waals surface area contributed by atoms with Crippen LogP contribution in [-0.2, 0) is 11.3 Å². The maximum atomic E-state index is 13.2. The average Bonchev–Trinajstić information content (AvgIpc) is 2.37. The molecule has 0 spiro atoms. The van der Waals surface area contributed by atoms with Crippen molar-refractivity contribution in [2.24, 2.45) is 0 Å². The summed E-state index contributed by atoms with van der Waals surface area (Å²) in [4.78, 5) is 10.00. The van der Waals surface area contributed by atoms with Crippen LogP contribution in [0.5, 0.6) is 0 Å². The van der Waals surface area contributed by atoms with Gasteiger partial charge in [0.2, 0.25) is 0 Å². The number of ether oxygens (including phenoxy) is 1. The molecule has 0 aromatic heterocycles. The van der Waals surface area contributed by atoms with Crippen LogP contribution in [0.2, 0.25) is 0 Å². The third-order valence-electron chi connectivity index (χ3n) is 2.89. The van der Waals surface area contributed by atoms with Gasteiger partial charge in [0.1, 0.15) is 5.82 Å². The van der Waals surface area contributed by atoms with Crippen LogP contribution in [0.4, 0.5) is 10.1 Å². The number of benzene rings is 1. The Morgan fingerprint density at radius 1 is 1.50 bits per heavy atom. The van der Waals surface area contributed by atoms with Gasteiger partial charge >= 0.3 is 0 Å². The lowest BCUT2D eigenvalue weighted by molar-refractivity contribution is -0.385. The van der Waals surface area contributed by atoms with E-state index in [4.69, 9.17) is 4.74 Å². The van der Waals surface area contributed by atoms with Crippen molar-refractivity contribution in [2.75, 3.05) is 13.1 Å². The molecule has 5 nitrogen and oxygen atoms in total. The van der Waals surface area contributed by atoms with E-state index in [1.54, 1.807) is 0 Å². The minimum Gasteiger partial charge on any atom is -0.372 e. The van der Waals surface area contributed by atoms with Gasteiger partial charge in [0, 0.05) is 12.6 Å². The lowest BCUT2D eigenvalue weighted by Crippen LogP contribution is -2.35. The Morgan fingerprint density at radius 2 is 2.33 bits per heavy atom. The van der Waals surface area contributed by atoms with Crippen molar-refractivity contribution in [3.05, 3.63) is 39.7 Å². The van der Waals surface area contributed by atoms with Crippen molar-refractivity contribution < 1.29 is 14.1 Å². The van der Waals surface area contributed by atoms with Gasteiger partial charge < -0.3 is 10.1 Å². The Labute approximate surface area is 104 Å². The van der Waals surface area contributed by atoms with Gasteiger partial charge in [-0.2, -0.15) is 0 Å². The maximum absolute atomic E-state index is 13.2.